The molecule has 0 aromatic carbocycles. The van der Waals surface area contributed by atoms with E-state index in [1.807, 2.05) is 4.90 Å². The highest BCUT2D eigenvalue weighted by Gasteiger charge is 2.31. The molecule has 1 saturated carbocycles. The number of carbonyl (C=O) groups excluding carboxylic acids is 3. The third-order valence-corrected chi connectivity index (χ3v) is 8.95. The van der Waals surface area contributed by atoms with E-state index in [9.17, 15) is 28.1 Å². The van der Waals surface area contributed by atoms with Crippen molar-refractivity contribution in [3.8, 4) is 6.07 Å². The minimum Gasteiger partial charge on any atom is -0.465 e. The average Bonchev–Trinajstić information content (AvgIpc) is 3.39. The van der Waals surface area contributed by atoms with Gasteiger partial charge >= 0.3 is 11.9 Å². The normalized spacial score (nSPS) is 16.6. The first-order valence-electron chi connectivity index (χ1n) is 12.9. The molecule has 3 rings (SSSR count). The van der Waals surface area contributed by atoms with Crippen LogP contribution in [0.1, 0.15) is 68.3 Å². The number of hydrogen-bond donors (Lipinski definition) is 1. The zero-order chi connectivity index (χ0) is 27.7. The molecule has 0 radical (unpaired) electrons. The molecule has 1 aliphatic carbocycles. The number of ether oxygens (including phenoxy) is 2. The number of nitrogens with one attached hydrogen (secondary N) is 1. The van der Waals surface area contributed by atoms with Gasteiger partial charge in [0.05, 0.1) is 35.8 Å². The summed E-state index contributed by atoms with van der Waals surface area (Å²) in [5.74, 6) is -1.75. The molecule has 1 saturated heterocycles. The van der Waals surface area contributed by atoms with E-state index in [-0.39, 0.29) is 46.8 Å². The van der Waals surface area contributed by atoms with Crippen LogP contribution in [0.2, 0.25) is 0 Å². The fraction of sp³-hybridized carbons (Fsp3) is 0.640. The van der Waals surface area contributed by atoms with E-state index < -0.39 is 33.8 Å². The van der Waals surface area contributed by atoms with Crippen LogP contribution in [0.15, 0.2) is 11.1 Å². The lowest BCUT2D eigenvalue weighted by Gasteiger charge is -2.33. The van der Waals surface area contributed by atoms with Gasteiger partial charge in [0.2, 0.25) is 15.9 Å². The van der Waals surface area contributed by atoms with Crippen molar-refractivity contribution in [1.29, 1.82) is 5.26 Å². The summed E-state index contributed by atoms with van der Waals surface area (Å²) in [7, 11) is -3.68. The van der Waals surface area contributed by atoms with Crippen LogP contribution in [0.3, 0.4) is 0 Å². The second-order valence-electron chi connectivity index (χ2n) is 9.30. The Morgan fingerprint density at radius 2 is 1.79 bits per heavy atom. The van der Waals surface area contributed by atoms with Crippen LogP contribution in [0, 0.1) is 23.2 Å². The van der Waals surface area contributed by atoms with Crippen molar-refractivity contribution in [3.05, 3.63) is 17.2 Å². The molecule has 0 atom stereocenters. The monoisotopic (exact) mass is 566 g/mol. The van der Waals surface area contributed by atoms with E-state index in [2.05, 4.69) is 15.8 Å². The lowest BCUT2D eigenvalue weighted by atomic mass is 9.96. The molecule has 1 aromatic heterocycles. The smallest absolute Gasteiger partial charge is 0.340 e. The number of sulfonamides is 1. The standard InChI is InChI=1S/C25H34N4O7S2/c1-3-35-21(30)15-37-24-20(25(32)36-4-2)13-19(14-26)22(27-24)29-11-9-18(10-12-29)23(31)28-38(33,34)16-17-7-5-6-8-17/h13,17-18H,3-12,15-16H2,1-2H3,(H,28,31). The van der Waals surface area contributed by atoms with Crippen molar-refractivity contribution in [2.24, 2.45) is 11.8 Å². The van der Waals surface area contributed by atoms with Gasteiger partial charge in [0.1, 0.15) is 16.9 Å². The Morgan fingerprint density at radius 3 is 2.39 bits per heavy atom. The molecule has 38 heavy (non-hydrogen) atoms. The molecule has 208 valence electrons. The minimum atomic E-state index is -3.68. The maximum atomic E-state index is 12.7. The number of hydrogen-bond acceptors (Lipinski definition) is 11. The summed E-state index contributed by atoms with van der Waals surface area (Å²) < 4.78 is 37.3. The number of amides is 1. The lowest BCUT2D eigenvalue weighted by molar-refractivity contribution is -0.139. The van der Waals surface area contributed by atoms with Crippen LogP contribution in [0.25, 0.3) is 0 Å². The van der Waals surface area contributed by atoms with E-state index in [0.717, 1.165) is 37.4 Å². The minimum absolute atomic E-state index is 0.0217. The summed E-state index contributed by atoms with van der Waals surface area (Å²) in [5.41, 5.74) is 0.249. The lowest BCUT2D eigenvalue weighted by Crippen LogP contribution is -2.43. The van der Waals surface area contributed by atoms with Gasteiger partial charge < -0.3 is 14.4 Å². The molecule has 0 unspecified atom stereocenters. The second kappa shape index (κ2) is 13.8. The molecule has 2 fully saturated rings. The number of esters is 2. The van der Waals surface area contributed by atoms with Gasteiger partial charge in [0.15, 0.2) is 0 Å². The molecule has 1 amide bonds. The van der Waals surface area contributed by atoms with Gasteiger partial charge in [-0.05, 0) is 51.5 Å². The summed E-state index contributed by atoms with van der Waals surface area (Å²) >= 11 is 1.02. The number of nitrogens with zero attached hydrogens (tertiary/aromatic N) is 3. The van der Waals surface area contributed by atoms with E-state index in [1.165, 1.54) is 6.07 Å². The molecule has 11 nitrogen and oxygen atoms in total. The van der Waals surface area contributed by atoms with Crippen molar-refractivity contribution in [2.75, 3.05) is 42.7 Å². The molecule has 1 aliphatic heterocycles. The van der Waals surface area contributed by atoms with Crippen LogP contribution < -0.4 is 9.62 Å². The van der Waals surface area contributed by atoms with E-state index in [1.54, 1.807) is 13.8 Å². The van der Waals surface area contributed by atoms with Gasteiger partial charge in [-0.1, -0.05) is 24.6 Å². The van der Waals surface area contributed by atoms with Crippen molar-refractivity contribution in [2.45, 2.75) is 57.4 Å². The van der Waals surface area contributed by atoms with Crippen molar-refractivity contribution in [1.82, 2.24) is 9.71 Å². The van der Waals surface area contributed by atoms with Crippen molar-refractivity contribution >= 4 is 45.4 Å². The fourth-order valence-corrected chi connectivity index (χ4v) is 7.02. The van der Waals surface area contributed by atoms with Crippen LogP contribution >= 0.6 is 11.8 Å². The highest BCUT2D eigenvalue weighted by Crippen LogP contribution is 2.31. The predicted molar refractivity (Wildman–Crippen MR) is 141 cm³/mol. The average molecular weight is 567 g/mol. The molecule has 0 spiro atoms. The maximum absolute atomic E-state index is 12.7. The Kier molecular flexibility index (Phi) is 10.8. The second-order valence-corrected chi connectivity index (χ2v) is 12.0. The Balaban J connectivity index is 1.71. The number of pyridine rings is 1. The quantitative estimate of drug-likeness (QED) is 0.310. The van der Waals surface area contributed by atoms with E-state index in [0.29, 0.717) is 31.7 Å². The zero-order valence-electron chi connectivity index (χ0n) is 21.7. The maximum Gasteiger partial charge on any atom is 0.340 e. The molecule has 2 heterocycles. The van der Waals surface area contributed by atoms with Gasteiger partial charge in [-0.25, -0.2) is 18.2 Å². The Labute approximate surface area is 227 Å². The molecule has 1 N–H and O–H groups in total. The molecule has 0 bridgehead atoms. The molecular formula is C25H34N4O7S2. The first kappa shape index (κ1) is 29.7. The topological polar surface area (TPSA) is 156 Å². The number of piperidine rings is 1. The van der Waals surface area contributed by atoms with Crippen molar-refractivity contribution < 1.29 is 32.3 Å². The molecule has 1 aromatic rings. The summed E-state index contributed by atoms with van der Waals surface area (Å²) in [6.07, 6.45) is 4.54. The highest BCUT2D eigenvalue weighted by molar-refractivity contribution is 8.00. The number of carbonyl (C=O) groups is 3. The van der Waals surface area contributed by atoms with Gasteiger partial charge in [0, 0.05) is 19.0 Å². The number of rotatable bonds is 11. The van der Waals surface area contributed by atoms with E-state index >= 15 is 0 Å². The highest BCUT2D eigenvalue weighted by atomic mass is 32.2. The van der Waals surface area contributed by atoms with E-state index in [4.69, 9.17) is 9.47 Å². The fourth-order valence-electron chi connectivity index (χ4n) is 4.72. The summed E-state index contributed by atoms with van der Waals surface area (Å²) in [6.45, 7) is 4.44. The number of nitriles is 1. The van der Waals surface area contributed by atoms with Gasteiger partial charge in [-0.3, -0.25) is 14.3 Å². The summed E-state index contributed by atoms with van der Waals surface area (Å²) in [4.78, 5) is 43.5. The molecular weight excluding hydrogens is 532 g/mol. The molecule has 13 heteroatoms. The Bertz CT molecular complexity index is 1170. The van der Waals surface area contributed by atoms with Gasteiger partial charge in [0.25, 0.3) is 0 Å². The third-order valence-electron chi connectivity index (χ3n) is 6.57. The SMILES string of the molecule is CCOC(=O)CSc1nc(N2CCC(C(=O)NS(=O)(=O)CC3CCCC3)CC2)c(C#N)cc1C(=O)OCC. The number of thioether (sulfide) groups is 1. The molecule has 2 aliphatic rings. The first-order valence-corrected chi connectivity index (χ1v) is 15.5. The number of aromatic nitrogens is 1. The van der Waals surface area contributed by atoms with Crippen LogP contribution in [0.5, 0.6) is 0 Å². The first-order chi connectivity index (χ1) is 18.2. The zero-order valence-corrected chi connectivity index (χ0v) is 23.4. The summed E-state index contributed by atoms with van der Waals surface area (Å²) in [6, 6.07) is 3.48. The van der Waals surface area contributed by atoms with Crippen LogP contribution in [0.4, 0.5) is 5.82 Å². The largest absolute Gasteiger partial charge is 0.465 e. The van der Waals surface area contributed by atoms with Gasteiger partial charge in [-0.15, -0.1) is 0 Å². The van der Waals surface area contributed by atoms with Crippen LogP contribution in [-0.2, 0) is 29.1 Å². The predicted octanol–water partition coefficient (Wildman–Crippen LogP) is 2.64. The third kappa shape index (κ3) is 8.07. The van der Waals surface area contributed by atoms with Crippen LogP contribution in [-0.4, -0.2) is 69.1 Å². The Morgan fingerprint density at radius 1 is 1.13 bits per heavy atom. The Hall–Kier alpha value is -2.85. The summed E-state index contributed by atoms with van der Waals surface area (Å²) in [5, 5.41) is 10.0. The van der Waals surface area contributed by atoms with Crippen molar-refractivity contribution in [3.63, 3.8) is 0 Å². The van der Waals surface area contributed by atoms with Gasteiger partial charge in [-0.2, -0.15) is 5.26 Å². The number of anilines is 1.